The topological polar surface area (TPSA) is 66.8 Å². The van der Waals surface area contributed by atoms with Crippen LogP contribution in [-0.2, 0) is 0 Å². The first-order valence-electron chi connectivity index (χ1n) is 8.88. The highest BCUT2D eigenvalue weighted by atomic mass is 16.1. The lowest BCUT2D eigenvalue weighted by Gasteiger charge is -2.29. The molecule has 1 aliphatic carbocycles. The highest BCUT2D eigenvalue weighted by Crippen LogP contribution is 2.30. The highest BCUT2D eigenvalue weighted by Gasteiger charge is 2.24. The van der Waals surface area contributed by atoms with Crippen molar-refractivity contribution in [3.63, 3.8) is 0 Å². The van der Waals surface area contributed by atoms with Crippen molar-refractivity contribution in [2.75, 3.05) is 13.1 Å². The van der Waals surface area contributed by atoms with Crippen molar-refractivity contribution in [1.82, 2.24) is 24.6 Å². The minimum absolute atomic E-state index is 0.0414. The molecule has 2 aromatic rings. The van der Waals surface area contributed by atoms with Crippen LogP contribution in [-0.4, -0.2) is 45.6 Å². The van der Waals surface area contributed by atoms with Gasteiger partial charge in [-0.1, -0.05) is 19.3 Å². The fraction of sp³-hybridized carbons (Fsp3) is 0.688. The van der Waals surface area contributed by atoms with Crippen LogP contribution in [0.5, 0.6) is 0 Å². The number of rotatable bonds is 2. The summed E-state index contributed by atoms with van der Waals surface area (Å²) in [6.07, 6.45) is 10.0. The normalized spacial score (nSPS) is 24.3. The van der Waals surface area contributed by atoms with Gasteiger partial charge in [-0.25, -0.2) is 9.67 Å². The lowest BCUT2D eigenvalue weighted by atomic mass is 9.95. The van der Waals surface area contributed by atoms with Crippen molar-refractivity contribution in [3.05, 3.63) is 22.4 Å². The molecule has 4 rings (SSSR count). The van der Waals surface area contributed by atoms with Gasteiger partial charge in [-0.2, -0.15) is 5.10 Å². The average molecular weight is 313 g/mol. The van der Waals surface area contributed by atoms with Gasteiger partial charge in [-0.3, -0.25) is 4.79 Å². The van der Waals surface area contributed by atoms with Gasteiger partial charge < -0.3 is 9.79 Å². The van der Waals surface area contributed by atoms with Gasteiger partial charge in [-0.05, 0) is 38.8 Å². The van der Waals surface area contributed by atoms with E-state index in [0.717, 1.165) is 50.2 Å². The molecule has 122 valence electrons. The third-order valence-electron chi connectivity index (χ3n) is 5.41. The van der Waals surface area contributed by atoms with Crippen molar-refractivity contribution >= 4 is 19.0 Å². The van der Waals surface area contributed by atoms with Gasteiger partial charge >= 0.3 is 0 Å². The minimum atomic E-state index is -0.0414. The Morgan fingerprint density at radius 1 is 1.17 bits per heavy atom. The molecule has 23 heavy (non-hydrogen) atoms. The maximum atomic E-state index is 12.5. The molecule has 0 radical (unpaired) electrons. The van der Waals surface area contributed by atoms with Crippen molar-refractivity contribution in [2.24, 2.45) is 0 Å². The molecular weight excluding hydrogens is 289 g/mol. The Kier molecular flexibility index (Phi) is 3.97. The molecule has 1 unspecified atom stereocenters. The van der Waals surface area contributed by atoms with Crippen molar-refractivity contribution < 1.29 is 0 Å². The monoisotopic (exact) mass is 313 g/mol. The van der Waals surface area contributed by atoms with Crippen LogP contribution in [0.2, 0.25) is 0 Å². The van der Waals surface area contributed by atoms with Gasteiger partial charge in [0, 0.05) is 5.92 Å². The van der Waals surface area contributed by atoms with E-state index in [1.165, 1.54) is 19.3 Å². The minimum Gasteiger partial charge on any atom is -0.348 e. The van der Waals surface area contributed by atoms with Crippen molar-refractivity contribution in [2.45, 2.75) is 56.9 Å². The summed E-state index contributed by atoms with van der Waals surface area (Å²) < 4.78 is 2.01. The summed E-state index contributed by atoms with van der Waals surface area (Å²) in [6, 6.07) is 0.400. The third kappa shape index (κ3) is 2.82. The first-order valence-corrected chi connectivity index (χ1v) is 8.88. The lowest BCUT2D eigenvalue weighted by molar-refractivity contribution is 0.321. The number of fused-ring (bicyclic) bond motifs is 1. The Morgan fingerprint density at radius 3 is 2.78 bits per heavy atom. The maximum absolute atomic E-state index is 12.5. The summed E-state index contributed by atoms with van der Waals surface area (Å²) in [5, 5.41) is 5.13. The Bertz CT molecular complexity index is 748. The second-order valence-corrected chi connectivity index (χ2v) is 7.17. The van der Waals surface area contributed by atoms with Crippen LogP contribution in [0.15, 0.2) is 11.0 Å². The molecule has 7 heteroatoms. The van der Waals surface area contributed by atoms with E-state index in [9.17, 15) is 4.79 Å². The third-order valence-corrected chi connectivity index (χ3v) is 5.41. The van der Waals surface area contributed by atoms with Crippen LogP contribution in [0, 0.1) is 0 Å². The van der Waals surface area contributed by atoms with Gasteiger partial charge in [0.1, 0.15) is 11.2 Å². The molecule has 1 N–H and O–H groups in total. The van der Waals surface area contributed by atoms with Gasteiger partial charge in [-0.15, -0.1) is 0 Å². The van der Waals surface area contributed by atoms with E-state index in [-0.39, 0.29) is 5.56 Å². The van der Waals surface area contributed by atoms with Crippen LogP contribution in [0.1, 0.15) is 62.7 Å². The van der Waals surface area contributed by atoms with E-state index in [0.29, 0.717) is 17.3 Å². The predicted molar refractivity (Wildman–Crippen MR) is 92.4 cm³/mol. The zero-order valence-corrected chi connectivity index (χ0v) is 13.8. The van der Waals surface area contributed by atoms with E-state index in [4.69, 9.17) is 4.98 Å². The number of aromatic nitrogens is 4. The summed E-state index contributed by atoms with van der Waals surface area (Å²) in [6.45, 7) is 2.09. The first-order chi connectivity index (χ1) is 11.2. The molecule has 1 aliphatic heterocycles. The Hall–Kier alpha value is -1.63. The molecule has 1 saturated heterocycles. The summed E-state index contributed by atoms with van der Waals surface area (Å²) in [5.74, 6) is 1.16. The van der Waals surface area contributed by atoms with Gasteiger partial charge in [0.25, 0.3) is 5.56 Å². The number of aromatic amines is 1. The molecule has 0 aromatic carbocycles. The Balaban J connectivity index is 1.74. The van der Waals surface area contributed by atoms with E-state index in [1.54, 1.807) is 6.20 Å². The van der Waals surface area contributed by atoms with E-state index >= 15 is 0 Å². The standard InChI is InChI=1S/C16H24BN5O/c17-21-8-4-5-11(10-21)14-19-15-13(16(23)20-14)9-18-22(15)12-6-2-1-3-7-12/h9,11-12H,1-8,10,17H2,(H,19,20,23). The van der Waals surface area contributed by atoms with Crippen LogP contribution in [0.4, 0.5) is 0 Å². The highest BCUT2D eigenvalue weighted by molar-refractivity contribution is 6.04. The van der Waals surface area contributed by atoms with Crippen molar-refractivity contribution in [1.29, 1.82) is 0 Å². The van der Waals surface area contributed by atoms with E-state index in [2.05, 4.69) is 22.9 Å². The largest absolute Gasteiger partial charge is 0.348 e. The van der Waals surface area contributed by atoms with Gasteiger partial charge in [0.2, 0.25) is 0 Å². The number of piperidine rings is 1. The molecule has 0 bridgehead atoms. The molecule has 2 aromatic heterocycles. The first kappa shape index (κ1) is 14.9. The van der Waals surface area contributed by atoms with Crippen LogP contribution >= 0.6 is 0 Å². The summed E-state index contributed by atoms with van der Waals surface area (Å²) in [7, 11) is 2.13. The second-order valence-electron chi connectivity index (χ2n) is 7.17. The molecule has 1 atom stereocenters. The summed E-state index contributed by atoms with van der Waals surface area (Å²) >= 11 is 0. The molecule has 0 spiro atoms. The zero-order chi connectivity index (χ0) is 15.8. The van der Waals surface area contributed by atoms with Gasteiger partial charge in [0.15, 0.2) is 13.6 Å². The number of H-pyrrole nitrogens is 1. The quantitative estimate of drug-likeness (QED) is 0.850. The number of nitrogens with zero attached hydrogens (tertiary/aromatic N) is 4. The summed E-state index contributed by atoms with van der Waals surface area (Å²) in [5.41, 5.74) is 0.740. The van der Waals surface area contributed by atoms with E-state index < -0.39 is 0 Å². The number of hydrogen-bond donors (Lipinski definition) is 1. The predicted octanol–water partition coefficient (Wildman–Crippen LogP) is 1.35. The molecule has 1 saturated carbocycles. The van der Waals surface area contributed by atoms with E-state index in [1.807, 2.05) is 4.68 Å². The van der Waals surface area contributed by atoms with Crippen molar-refractivity contribution in [3.8, 4) is 0 Å². The Labute approximate surface area is 136 Å². The average Bonchev–Trinajstić information content (AvgIpc) is 3.00. The van der Waals surface area contributed by atoms with Crippen LogP contribution < -0.4 is 5.56 Å². The fourth-order valence-electron chi connectivity index (χ4n) is 4.13. The van der Waals surface area contributed by atoms with Crippen LogP contribution in [0.25, 0.3) is 11.0 Å². The van der Waals surface area contributed by atoms with Gasteiger partial charge in [0.05, 0.1) is 12.2 Å². The maximum Gasteiger partial charge on any atom is 0.262 e. The SMILES string of the molecule is BN1CCCC(c2nc3c(cnn3C3CCCCC3)c(=O)[nH]2)C1. The number of hydrogen-bond acceptors (Lipinski definition) is 4. The lowest BCUT2D eigenvalue weighted by Crippen LogP contribution is -2.33. The Morgan fingerprint density at radius 2 is 2.00 bits per heavy atom. The fourth-order valence-corrected chi connectivity index (χ4v) is 4.13. The zero-order valence-electron chi connectivity index (χ0n) is 13.8. The molecule has 2 aliphatic rings. The number of nitrogens with one attached hydrogen (secondary N) is 1. The molecule has 0 amide bonds. The second kappa shape index (κ2) is 6.11. The summed E-state index contributed by atoms with van der Waals surface area (Å²) in [4.78, 5) is 22.6. The molecule has 3 heterocycles. The van der Waals surface area contributed by atoms with Crippen LogP contribution in [0.3, 0.4) is 0 Å². The molecular formula is C16H24BN5O. The molecule has 2 fully saturated rings. The smallest absolute Gasteiger partial charge is 0.262 e. The molecule has 6 nitrogen and oxygen atoms in total.